The summed E-state index contributed by atoms with van der Waals surface area (Å²) < 4.78 is 0. The van der Waals surface area contributed by atoms with Gasteiger partial charge in [-0.3, -0.25) is 4.79 Å². The van der Waals surface area contributed by atoms with Gasteiger partial charge in [-0.2, -0.15) is 0 Å². The zero-order valence-corrected chi connectivity index (χ0v) is 14.9. The van der Waals surface area contributed by atoms with Gasteiger partial charge >= 0.3 is 0 Å². The number of amides is 1. The number of carbonyl (C=O) groups is 1. The quantitative estimate of drug-likeness (QED) is 0.706. The molecule has 0 radical (unpaired) electrons. The third-order valence-corrected chi connectivity index (χ3v) is 4.49. The lowest BCUT2D eigenvalue weighted by Crippen LogP contribution is -2.25. The monoisotopic (exact) mass is 345 g/mol. The average Bonchev–Trinajstić information content (AvgIpc) is 2.67. The number of hydrogen-bond donors (Lipinski definition) is 2. The highest BCUT2D eigenvalue weighted by Gasteiger charge is 2.18. The third-order valence-electron chi connectivity index (χ3n) is 4.49. The molecule has 26 heavy (non-hydrogen) atoms. The van der Waals surface area contributed by atoms with Crippen LogP contribution < -0.4 is 5.32 Å². The van der Waals surface area contributed by atoms with Crippen LogP contribution in [-0.4, -0.2) is 17.6 Å². The summed E-state index contributed by atoms with van der Waals surface area (Å²) in [4.78, 5) is 13.0. The van der Waals surface area contributed by atoms with Crippen molar-refractivity contribution in [3.63, 3.8) is 0 Å². The normalized spacial score (nSPS) is 10.5. The van der Waals surface area contributed by atoms with Crippen molar-refractivity contribution >= 4 is 5.91 Å². The van der Waals surface area contributed by atoms with Crippen LogP contribution in [0.15, 0.2) is 72.8 Å². The number of carbonyl (C=O) groups excluding carboxylic acids is 1. The van der Waals surface area contributed by atoms with Crippen LogP contribution in [0, 0.1) is 6.92 Å². The summed E-state index contributed by atoms with van der Waals surface area (Å²) in [5.41, 5.74) is 5.62. The highest BCUT2D eigenvalue weighted by Crippen LogP contribution is 2.29. The molecule has 0 atom stereocenters. The van der Waals surface area contributed by atoms with E-state index in [1.54, 1.807) is 0 Å². The molecule has 3 aromatic carbocycles. The van der Waals surface area contributed by atoms with Gasteiger partial charge in [0.05, 0.1) is 5.56 Å². The number of nitrogens with one attached hydrogen (secondary N) is 1. The molecular weight excluding hydrogens is 322 g/mol. The molecule has 0 aromatic heterocycles. The van der Waals surface area contributed by atoms with Crippen molar-refractivity contribution in [3.05, 3.63) is 95.1 Å². The number of benzene rings is 3. The fourth-order valence-electron chi connectivity index (χ4n) is 3.16. The maximum atomic E-state index is 13.0. The van der Waals surface area contributed by atoms with Crippen molar-refractivity contribution in [1.82, 2.24) is 5.32 Å². The molecule has 0 spiro atoms. The number of rotatable bonds is 6. The molecule has 2 N–H and O–H groups in total. The van der Waals surface area contributed by atoms with Crippen LogP contribution in [0.4, 0.5) is 0 Å². The van der Waals surface area contributed by atoms with E-state index >= 15 is 0 Å². The van der Waals surface area contributed by atoms with Crippen LogP contribution in [0.5, 0.6) is 0 Å². The van der Waals surface area contributed by atoms with Crippen LogP contribution in [0.1, 0.15) is 27.0 Å². The molecule has 132 valence electrons. The summed E-state index contributed by atoms with van der Waals surface area (Å²) in [5.74, 6) is -0.115. The van der Waals surface area contributed by atoms with E-state index in [0.717, 1.165) is 27.8 Å². The molecule has 0 saturated heterocycles. The second-order valence-electron chi connectivity index (χ2n) is 6.30. The van der Waals surface area contributed by atoms with E-state index in [-0.39, 0.29) is 12.5 Å². The molecule has 3 nitrogen and oxygen atoms in total. The van der Waals surface area contributed by atoms with Crippen molar-refractivity contribution in [2.24, 2.45) is 0 Å². The fourth-order valence-corrected chi connectivity index (χ4v) is 3.16. The highest BCUT2D eigenvalue weighted by atomic mass is 16.3. The summed E-state index contributed by atoms with van der Waals surface area (Å²) in [5, 5.41) is 12.4. The van der Waals surface area contributed by atoms with Crippen molar-refractivity contribution in [1.29, 1.82) is 0 Å². The Morgan fingerprint density at radius 2 is 1.58 bits per heavy atom. The third kappa shape index (κ3) is 4.01. The molecule has 0 aliphatic carbocycles. The van der Waals surface area contributed by atoms with Gasteiger partial charge in [0.25, 0.3) is 5.91 Å². The fraction of sp³-hybridized carbons (Fsp3) is 0.174. The smallest absolute Gasteiger partial charge is 0.252 e. The first-order valence-corrected chi connectivity index (χ1v) is 8.81. The summed E-state index contributed by atoms with van der Waals surface area (Å²) in [6.07, 6.45) is 0.452. The lowest BCUT2D eigenvalue weighted by atomic mass is 9.91. The number of aliphatic hydroxyl groups is 1. The van der Waals surface area contributed by atoms with E-state index < -0.39 is 0 Å². The molecule has 3 heteroatoms. The van der Waals surface area contributed by atoms with E-state index in [1.807, 2.05) is 79.7 Å². The van der Waals surface area contributed by atoms with Crippen LogP contribution in [-0.2, 0) is 13.0 Å². The highest BCUT2D eigenvalue weighted by molar-refractivity contribution is 6.02. The Kier molecular flexibility index (Phi) is 5.82. The van der Waals surface area contributed by atoms with Gasteiger partial charge in [0.15, 0.2) is 0 Å². The van der Waals surface area contributed by atoms with Gasteiger partial charge in [-0.1, -0.05) is 72.8 Å². The number of hydrogen-bond acceptors (Lipinski definition) is 2. The summed E-state index contributed by atoms with van der Waals surface area (Å²) in [7, 11) is 0. The predicted octanol–water partition coefficient (Wildman–Crippen LogP) is 4.13. The lowest BCUT2D eigenvalue weighted by Gasteiger charge is -2.16. The predicted molar refractivity (Wildman–Crippen MR) is 105 cm³/mol. The molecule has 0 aliphatic rings. The van der Waals surface area contributed by atoms with Crippen molar-refractivity contribution in [3.8, 4) is 11.1 Å². The van der Waals surface area contributed by atoms with Crippen molar-refractivity contribution in [2.75, 3.05) is 6.61 Å². The van der Waals surface area contributed by atoms with Crippen LogP contribution in [0.2, 0.25) is 0 Å². The molecular formula is C23H23NO2. The number of aryl methyl sites for hydroxylation is 1. The maximum absolute atomic E-state index is 13.0. The van der Waals surface area contributed by atoms with E-state index in [4.69, 9.17) is 0 Å². The zero-order valence-electron chi connectivity index (χ0n) is 14.9. The minimum Gasteiger partial charge on any atom is -0.396 e. The van der Waals surface area contributed by atoms with Gasteiger partial charge in [0, 0.05) is 13.2 Å². The molecule has 0 aliphatic heterocycles. The zero-order chi connectivity index (χ0) is 18.4. The molecule has 0 bridgehead atoms. The maximum Gasteiger partial charge on any atom is 0.252 e. The van der Waals surface area contributed by atoms with Gasteiger partial charge in [0.2, 0.25) is 0 Å². The second kappa shape index (κ2) is 8.45. The largest absolute Gasteiger partial charge is 0.396 e. The Labute approximate surface area is 154 Å². The van der Waals surface area contributed by atoms with Crippen molar-refractivity contribution in [2.45, 2.75) is 19.9 Å². The minimum atomic E-state index is -0.115. The average molecular weight is 345 g/mol. The Morgan fingerprint density at radius 3 is 2.31 bits per heavy atom. The summed E-state index contributed by atoms with van der Waals surface area (Å²) >= 11 is 0. The lowest BCUT2D eigenvalue weighted by molar-refractivity contribution is 0.0950. The first-order valence-electron chi connectivity index (χ1n) is 8.81. The second-order valence-corrected chi connectivity index (χ2v) is 6.30. The Bertz CT molecular complexity index is 888. The molecule has 0 heterocycles. The van der Waals surface area contributed by atoms with Gasteiger partial charge in [-0.05, 0) is 41.2 Å². The molecule has 0 saturated carbocycles. The van der Waals surface area contributed by atoms with E-state index in [1.165, 1.54) is 0 Å². The van der Waals surface area contributed by atoms with Crippen LogP contribution >= 0.6 is 0 Å². The topological polar surface area (TPSA) is 49.3 Å². The molecule has 0 fully saturated rings. The molecule has 3 aromatic rings. The minimum absolute atomic E-state index is 0.0101. The van der Waals surface area contributed by atoms with Gasteiger partial charge in [-0.25, -0.2) is 0 Å². The molecule has 3 rings (SSSR count). The van der Waals surface area contributed by atoms with Gasteiger partial charge < -0.3 is 10.4 Å². The molecule has 1 amide bonds. The van der Waals surface area contributed by atoms with Crippen LogP contribution in [0.3, 0.4) is 0 Å². The SMILES string of the molecule is Cc1ccccc1-c1cccc(CCO)c1C(=O)NCc1ccccc1. The van der Waals surface area contributed by atoms with E-state index in [9.17, 15) is 9.90 Å². The standard InChI is InChI=1S/C23H23NO2/c1-17-8-5-6-12-20(17)21-13-7-11-19(14-15-25)22(21)23(26)24-16-18-9-3-2-4-10-18/h2-13,25H,14-16H2,1H3,(H,24,26). The number of aliphatic hydroxyl groups excluding tert-OH is 1. The van der Waals surface area contributed by atoms with E-state index in [2.05, 4.69) is 5.32 Å². The van der Waals surface area contributed by atoms with E-state index in [0.29, 0.717) is 18.5 Å². The van der Waals surface area contributed by atoms with Crippen molar-refractivity contribution < 1.29 is 9.90 Å². The first-order chi connectivity index (χ1) is 12.7. The Balaban J connectivity index is 1.98. The first kappa shape index (κ1) is 17.9. The Hall–Kier alpha value is -2.91. The van der Waals surface area contributed by atoms with Gasteiger partial charge in [0.1, 0.15) is 0 Å². The van der Waals surface area contributed by atoms with Gasteiger partial charge in [-0.15, -0.1) is 0 Å². The van der Waals surface area contributed by atoms with Crippen LogP contribution in [0.25, 0.3) is 11.1 Å². The summed E-state index contributed by atoms with van der Waals surface area (Å²) in [6, 6.07) is 23.7. The Morgan fingerprint density at radius 1 is 0.885 bits per heavy atom. The summed E-state index contributed by atoms with van der Waals surface area (Å²) in [6.45, 7) is 2.52. The molecule has 0 unspecified atom stereocenters.